The predicted octanol–water partition coefficient (Wildman–Crippen LogP) is 0.597. The molecule has 0 spiro atoms. The van der Waals surface area contributed by atoms with Crippen LogP contribution in [0.15, 0.2) is 24.3 Å². The number of piperidine rings is 1. The second-order valence-corrected chi connectivity index (χ2v) is 5.88. The number of primary amides is 1. The number of rotatable bonds is 2. The van der Waals surface area contributed by atoms with Crippen LogP contribution in [-0.2, 0) is 16.1 Å². The lowest BCUT2D eigenvalue weighted by molar-refractivity contribution is -0.136. The number of fused-ring (bicyclic) bond motifs is 1. The van der Waals surface area contributed by atoms with Gasteiger partial charge >= 0.3 is 0 Å². The molecule has 2 heterocycles. The molecule has 3 N–H and O–H groups in total. The fourth-order valence-corrected chi connectivity index (χ4v) is 3.32. The van der Waals surface area contributed by atoms with Crippen LogP contribution in [0.2, 0.25) is 0 Å². The smallest absolute Gasteiger partial charge is 0.231 e. The zero-order valence-corrected chi connectivity index (χ0v) is 12.0. The molecule has 0 radical (unpaired) electrons. The van der Waals surface area contributed by atoms with Crippen LogP contribution in [0.3, 0.4) is 0 Å². The molecule has 5 heteroatoms. The summed E-state index contributed by atoms with van der Waals surface area (Å²) in [6.07, 6.45) is 1.37. The van der Waals surface area contributed by atoms with Crippen molar-refractivity contribution < 1.29 is 9.59 Å². The number of benzene rings is 1. The number of nitrogens with zero attached hydrogens (tertiary/aromatic N) is 1. The maximum absolute atomic E-state index is 12.8. The monoisotopic (exact) mass is 287 g/mol. The van der Waals surface area contributed by atoms with Crippen molar-refractivity contribution in [1.82, 2.24) is 10.2 Å². The van der Waals surface area contributed by atoms with E-state index in [2.05, 4.69) is 17.4 Å². The number of likely N-dealkylation sites (tertiary alicyclic amines) is 1. The molecule has 1 aromatic rings. The molecule has 21 heavy (non-hydrogen) atoms. The molecular weight excluding hydrogens is 266 g/mol. The molecule has 112 valence electrons. The Morgan fingerprint density at radius 1 is 1.19 bits per heavy atom. The predicted molar refractivity (Wildman–Crippen MR) is 79.4 cm³/mol. The number of amides is 2. The van der Waals surface area contributed by atoms with E-state index in [-0.39, 0.29) is 23.7 Å². The van der Waals surface area contributed by atoms with Crippen LogP contribution in [0.1, 0.15) is 29.9 Å². The Bertz CT molecular complexity index is 550. The number of nitrogens with one attached hydrogen (secondary N) is 1. The lowest BCUT2D eigenvalue weighted by Gasteiger charge is -2.35. The Labute approximate surface area is 124 Å². The highest BCUT2D eigenvalue weighted by atomic mass is 16.2. The lowest BCUT2D eigenvalue weighted by Crippen LogP contribution is -2.46. The number of carbonyl (C=O) groups is 2. The summed E-state index contributed by atoms with van der Waals surface area (Å²) in [4.78, 5) is 25.8. The number of hydrogen-bond donors (Lipinski definition) is 2. The van der Waals surface area contributed by atoms with Gasteiger partial charge in [0.1, 0.15) is 0 Å². The first kappa shape index (κ1) is 14.1. The quantitative estimate of drug-likeness (QED) is 0.836. The number of nitrogens with two attached hydrogens (primary N) is 1. The van der Waals surface area contributed by atoms with E-state index < -0.39 is 0 Å². The minimum absolute atomic E-state index is 0.0779. The molecule has 0 bridgehead atoms. The fraction of sp³-hybridized carbons (Fsp3) is 0.500. The Hall–Kier alpha value is -1.88. The first-order chi connectivity index (χ1) is 10.2. The number of carbonyl (C=O) groups excluding carboxylic acids is 2. The Balaban J connectivity index is 1.71. The average molecular weight is 287 g/mol. The topological polar surface area (TPSA) is 75.4 Å². The Morgan fingerprint density at radius 3 is 2.62 bits per heavy atom. The van der Waals surface area contributed by atoms with E-state index in [1.807, 2.05) is 17.0 Å². The van der Waals surface area contributed by atoms with Crippen LogP contribution in [0.5, 0.6) is 0 Å². The summed E-state index contributed by atoms with van der Waals surface area (Å²) in [5.74, 6) is -0.268. The summed E-state index contributed by atoms with van der Waals surface area (Å²) in [5.41, 5.74) is 7.68. The molecule has 1 saturated heterocycles. The van der Waals surface area contributed by atoms with Gasteiger partial charge in [-0.15, -0.1) is 0 Å². The third-order valence-electron chi connectivity index (χ3n) is 4.60. The molecule has 2 aliphatic rings. The molecule has 1 unspecified atom stereocenters. The van der Waals surface area contributed by atoms with Gasteiger partial charge in [-0.05, 0) is 24.0 Å². The highest BCUT2D eigenvalue weighted by molar-refractivity contribution is 5.85. The van der Waals surface area contributed by atoms with Crippen molar-refractivity contribution in [3.05, 3.63) is 35.4 Å². The highest BCUT2D eigenvalue weighted by Gasteiger charge is 2.32. The normalized spacial score (nSPS) is 22.7. The fourth-order valence-electron chi connectivity index (χ4n) is 3.32. The molecule has 0 aliphatic carbocycles. The molecule has 2 aliphatic heterocycles. The van der Waals surface area contributed by atoms with Crippen molar-refractivity contribution in [2.24, 2.45) is 11.7 Å². The summed E-state index contributed by atoms with van der Waals surface area (Å²) in [7, 11) is 0. The maximum Gasteiger partial charge on any atom is 0.231 e. The Morgan fingerprint density at radius 2 is 1.90 bits per heavy atom. The van der Waals surface area contributed by atoms with Crippen molar-refractivity contribution in [1.29, 1.82) is 0 Å². The summed E-state index contributed by atoms with van der Waals surface area (Å²) >= 11 is 0. The van der Waals surface area contributed by atoms with Gasteiger partial charge < -0.3 is 16.0 Å². The van der Waals surface area contributed by atoms with Crippen LogP contribution < -0.4 is 11.1 Å². The highest BCUT2D eigenvalue weighted by Crippen LogP contribution is 2.27. The van der Waals surface area contributed by atoms with E-state index in [0.717, 1.165) is 12.1 Å². The van der Waals surface area contributed by atoms with E-state index in [1.165, 1.54) is 5.56 Å². The molecular formula is C16H21N3O2. The SMILES string of the molecule is NC(=O)C1CCN(C(=O)C2CNCc3ccccc32)CC1. The van der Waals surface area contributed by atoms with Crippen LogP contribution in [0, 0.1) is 5.92 Å². The molecule has 5 nitrogen and oxygen atoms in total. The van der Waals surface area contributed by atoms with Gasteiger partial charge in [0.25, 0.3) is 0 Å². The average Bonchev–Trinajstić information content (AvgIpc) is 2.53. The largest absolute Gasteiger partial charge is 0.369 e. The van der Waals surface area contributed by atoms with E-state index in [9.17, 15) is 9.59 Å². The van der Waals surface area contributed by atoms with Crippen LogP contribution in [0.25, 0.3) is 0 Å². The van der Waals surface area contributed by atoms with E-state index in [1.54, 1.807) is 0 Å². The molecule has 3 rings (SSSR count). The standard InChI is InChI=1S/C16H21N3O2/c17-15(20)11-5-7-19(8-6-11)16(21)14-10-18-9-12-3-1-2-4-13(12)14/h1-4,11,14,18H,5-10H2,(H2,17,20). The van der Waals surface area contributed by atoms with Crippen molar-refractivity contribution >= 4 is 11.8 Å². The van der Waals surface area contributed by atoms with E-state index >= 15 is 0 Å². The summed E-state index contributed by atoms with van der Waals surface area (Å²) in [5, 5.41) is 3.32. The second-order valence-electron chi connectivity index (χ2n) is 5.88. The van der Waals surface area contributed by atoms with E-state index in [0.29, 0.717) is 32.5 Å². The van der Waals surface area contributed by atoms with Gasteiger partial charge in [-0.1, -0.05) is 24.3 Å². The minimum atomic E-state index is -0.244. The van der Waals surface area contributed by atoms with Gasteiger partial charge in [-0.25, -0.2) is 0 Å². The molecule has 1 atom stereocenters. The first-order valence-corrected chi connectivity index (χ1v) is 7.53. The minimum Gasteiger partial charge on any atom is -0.369 e. The first-order valence-electron chi connectivity index (χ1n) is 7.53. The maximum atomic E-state index is 12.8. The molecule has 1 aromatic carbocycles. The lowest BCUT2D eigenvalue weighted by atomic mass is 9.88. The third-order valence-corrected chi connectivity index (χ3v) is 4.60. The van der Waals surface area contributed by atoms with Gasteiger partial charge in [-0.2, -0.15) is 0 Å². The summed E-state index contributed by atoms with van der Waals surface area (Å²) in [6, 6.07) is 8.12. The van der Waals surface area contributed by atoms with Gasteiger partial charge in [0, 0.05) is 32.1 Å². The van der Waals surface area contributed by atoms with E-state index in [4.69, 9.17) is 5.73 Å². The van der Waals surface area contributed by atoms with Crippen molar-refractivity contribution in [3.8, 4) is 0 Å². The van der Waals surface area contributed by atoms with Gasteiger partial charge in [0.05, 0.1) is 5.92 Å². The molecule has 2 amide bonds. The van der Waals surface area contributed by atoms with Crippen LogP contribution in [-0.4, -0.2) is 36.3 Å². The zero-order chi connectivity index (χ0) is 14.8. The Kier molecular flexibility index (Phi) is 3.92. The van der Waals surface area contributed by atoms with Gasteiger partial charge in [0.2, 0.25) is 11.8 Å². The summed E-state index contributed by atoms with van der Waals surface area (Å²) < 4.78 is 0. The second kappa shape index (κ2) is 5.85. The third kappa shape index (κ3) is 2.78. The zero-order valence-electron chi connectivity index (χ0n) is 12.0. The van der Waals surface area contributed by atoms with Gasteiger partial charge in [-0.3, -0.25) is 9.59 Å². The number of hydrogen-bond acceptors (Lipinski definition) is 3. The van der Waals surface area contributed by atoms with Gasteiger partial charge in [0.15, 0.2) is 0 Å². The van der Waals surface area contributed by atoms with Crippen LogP contribution in [0.4, 0.5) is 0 Å². The van der Waals surface area contributed by atoms with Crippen molar-refractivity contribution in [3.63, 3.8) is 0 Å². The molecule has 0 aromatic heterocycles. The molecule has 0 saturated carbocycles. The summed E-state index contributed by atoms with van der Waals surface area (Å²) in [6.45, 7) is 2.77. The van der Waals surface area contributed by atoms with Crippen LogP contribution >= 0.6 is 0 Å². The molecule has 1 fully saturated rings. The van der Waals surface area contributed by atoms with Crippen molar-refractivity contribution in [2.75, 3.05) is 19.6 Å². The van der Waals surface area contributed by atoms with Crippen molar-refractivity contribution in [2.45, 2.75) is 25.3 Å².